The number of carbonyl (C=O) groups is 2. The fraction of sp³-hybridized carbons (Fsp3) is 0.571. The fourth-order valence-corrected chi connectivity index (χ4v) is 1.56. The minimum Gasteiger partial charge on any atom is -0.244 e. The van der Waals surface area contributed by atoms with Gasteiger partial charge in [-0.05, 0) is 0 Å². The standard InChI is InChI=1S/C7H12O2P/c1-4-6(8)10(3)7(9)5-2/h3-5H2,1-2H3/q+1. The highest BCUT2D eigenvalue weighted by atomic mass is 31.1. The molecule has 0 radical (unpaired) electrons. The second-order valence-corrected chi connectivity index (χ2v) is 3.78. The van der Waals surface area contributed by atoms with Gasteiger partial charge in [-0.25, -0.2) is 9.59 Å². The van der Waals surface area contributed by atoms with Gasteiger partial charge in [0.1, 0.15) is 0 Å². The third kappa shape index (κ3) is 2.40. The van der Waals surface area contributed by atoms with Gasteiger partial charge in [0.2, 0.25) is 7.55 Å². The molecule has 0 aliphatic rings. The monoisotopic (exact) mass is 159 g/mol. The topological polar surface area (TPSA) is 34.1 Å². The Hall–Kier alpha value is -0.490. The molecule has 0 rings (SSSR count). The van der Waals surface area contributed by atoms with E-state index in [0.717, 1.165) is 0 Å². The molecule has 0 aromatic rings. The summed E-state index contributed by atoms with van der Waals surface area (Å²) in [5.41, 5.74) is 0.00343. The Morgan fingerprint density at radius 1 is 1.20 bits per heavy atom. The SMILES string of the molecule is C=[P+](C(=O)CC)C(=O)CC. The number of hydrogen-bond acceptors (Lipinski definition) is 2. The van der Waals surface area contributed by atoms with Crippen LogP contribution < -0.4 is 0 Å². The van der Waals surface area contributed by atoms with Crippen molar-refractivity contribution in [3.8, 4) is 0 Å². The Bertz CT molecular complexity index is 154. The second kappa shape index (κ2) is 4.35. The van der Waals surface area contributed by atoms with E-state index in [-0.39, 0.29) is 11.0 Å². The summed E-state index contributed by atoms with van der Waals surface area (Å²) in [4.78, 5) is 21.7. The molecule has 10 heavy (non-hydrogen) atoms. The van der Waals surface area contributed by atoms with Gasteiger partial charge in [0.05, 0.1) is 6.30 Å². The molecule has 2 nitrogen and oxygen atoms in total. The highest BCUT2D eigenvalue weighted by Gasteiger charge is 2.24. The minimum atomic E-state index is -1.23. The van der Waals surface area contributed by atoms with Crippen LogP contribution in [0, 0.1) is 0 Å². The number of hydrogen-bond donors (Lipinski definition) is 0. The Morgan fingerprint density at radius 2 is 1.50 bits per heavy atom. The summed E-state index contributed by atoms with van der Waals surface area (Å²) in [5, 5.41) is 0. The molecule has 0 heterocycles. The summed E-state index contributed by atoms with van der Waals surface area (Å²) in [6.07, 6.45) is 4.41. The van der Waals surface area contributed by atoms with Gasteiger partial charge in [-0.1, -0.05) is 13.8 Å². The maximum Gasteiger partial charge on any atom is 0.330 e. The van der Waals surface area contributed by atoms with Crippen molar-refractivity contribution in [3.05, 3.63) is 0 Å². The molecule has 0 fully saturated rings. The minimum absolute atomic E-state index is 0.00171. The molecule has 3 heteroatoms. The molecule has 0 bridgehead atoms. The van der Waals surface area contributed by atoms with Crippen molar-refractivity contribution >= 4 is 24.9 Å². The first kappa shape index (κ1) is 9.51. The zero-order valence-corrected chi connectivity index (χ0v) is 7.28. The van der Waals surface area contributed by atoms with Gasteiger partial charge in [0, 0.05) is 12.8 Å². The lowest BCUT2D eigenvalue weighted by atomic mass is 10.5. The summed E-state index contributed by atoms with van der Waals surface area (Å²) >= 11 is 0. The smallest absolute Gasteiger partial charge is 0.244 e. The van der Waals surface area contributed by atoms with Crippen LogP contribution in [-0.4, -0.2) is 17.3 Å². The first-order valence-electron chi connectivity index (χ1n) is 3.29. The molecule has 56 valence electrons. The van der Waals surface area contributed by atoms with Crippen molar-refractivity contribution in [1.82, 2.24) is 0 Å². The van der Waals surface area contributed by atoms with E-state index in [2.05, 4.69) is 6.30 Å². The van der Waals surface area contributed by atoms with E-state index in [4.69, 9.17) is 0 Å². The van der Waals surface area contributed by atoms with Gasteiger partial charge in [0.15, 0.2) is 0 Å². The molecule has 0 amide bonds. The zero-order valence-electron chi connectivity index (χ0n) is 6.39. The van der Waals surface area contributed by atoms with Crippen LogP contribution in [0.4, 0.5) is 0 Å². The van der Waals surface area contributed by atoms with Crippen molar-refractivity contribution in [1.29, 1.82) is 0 Å². The molecular formula is C7H12O2P+. The van der Waals surface area contributed by atoms with Crippen LogP contribution in [0.2, 0.25) is 0 Å². The van der Waals surface area contributed by atoms with Crippen molar-refractivity contribution in [3.63, 3.8) is 0 Å². The average molecular weight is 159 g/mol. The van der Waals surface area contributed by atoms with Gasteiger partial charge < -0.3 is 0 Å². The summed E-state index contributed by atoms with van der Waals surface area (Å²) in [7, 11) is -1.23. The van der Waals surface area contributed by atoms with Crippen LogP contribution in [0.3, 0.4) is 0 Å². The van der Waals surface area contributed by atoms with Gasteiger partial charge >= 0.3 is 11.0 Å². The average Bonchev–Trinajstić information content (AvgIpc) is 2.00. The molecule has 0 saturated carbocycles. The number of rotatable bonds is 4. The summed E-state index contributed by atoms with van der Waals surface area (Å²) in [6, 6.07) is 0. The second-order valence-electron chi connectivity index (χ2n) is 1.92. The molecule has 0 unspecified atom stereocenters. The van der Waals surface area contributed by atoms with E-state index in [1.807, 2.05) is 0 Å². The largest absolute Gasteiger partial charge is 0.330 e. The van der Waals surface area contributed by atoms with Crippen LogP contribution >= 0.6 is 7.55 Å². The summed E-state index contributed by atoms with van der Waals surface area (Å²) in [6.45, 7) is 3.51. The van der Waals surface area contributed by atoms with Gasteiger partial charge in [-0.2, -0.15) is 0 Å². The molecule has 0 aromatic heterocycles. The van der Waals surface area contributed by atoms with Crippen LogP contribution in [0.1, 0.15) is 26.7 Å². The van der Waals surface area contributed by atoms with Gasteiger partial charge in [-0.15, -0.1) is 0 Å². The molecule has 0 N–H and O–H groups in total. The highest BCUT2D eigenvalue weighted by molar-refractivity contribution is 7.87. The lowest BCUT2D eigenvalue weighted by molar-refractivity contribution is -0.113. The maximum atomic E-state index is 10.9. The van der Waals surface area contributed by atoms with Crippen LogP contribution in [-0.2, 0) is 9.59 Å². The predicted octanol–water partition coefficient (Wildman–Crippen LogP) is 1.77. The molecule has 0 atom stereocenters. The molecule has 0 aliphatic carbocycles. The Morgan fingerprint density at radius 3 is 1.70 bits per heavy atom. The van der Waals surface area contributed by atoms with Crippen molar-refractivity contribution in [2.75, 3.05) is 0 Å². The fourth-order valence-electron chi connectivity index (χ4n) is 0.521. The first-order chi connectivity index (χ1) is 4.63. The Balaban J connectivity index is 4.09. The highest BCUT2D eigenvalue weighted by Crippen LogP contribution is 2.24. The Kier molecular flexibility index (Phi) is 4.13. The summed E-state index contributed by atoms with van der Waals surface area (Å²) < 4.78 is 0. The van der Waals surface area contributed by atoms with Crippen molar-refractivity contribution in [2.24, 2.45) is 0 Å². The zero-order chi connectivity index (χ0) is 8.15. The molecular weight excluding hydrogens is 147 g/mol. The van der Waals surface area contributed by atoms with Crippen LogP contribution in [0.5, 0.6) is 0 Å². The quantitative estimate of drug-likeness (QED) is 0.586. The van der Waals surface area contributed by atoms with Gasteiger partial charge in [-0.3, -0.25) is 0 Å². The third-order valence-corrected chi connectivity index (χ3v) is 3.04. The van der Waals surface area contributed by atoms with E-state index < -0.39 is 7.55 Å². The van der Waals surface area contributed by atoms with E-state index in [0.29, 0.717) is 12.8 Å². The van der Waals surface area contributed by atoms with Crippen molar-refractivity contribution in [2.45, 2.75) is 26.7 Å². The normalized spacial score (nSPS) is 9.00. The van der Waals surface area contributed by atoms with E-state index >= 15 is 0 Å². The molecule has 0 aromatic carbocycles. The lowest BCUT2D eigenvalue weighted by Gasteiger charge is -1.84. The van der Waals surface area contributed by atoms with Crippen LogP contribution in [0.25, 0.3) is 0 Å². The lowest BCUT2D eigenvalue weighted by Crippen LogP contribution is -1.96. The van der Waals surface area contributed by atoms with E-state index in [9.17, 15) is 9.59 Å². The third-order valence-electron chi connectivity index (χ3n) is 1.21. The predicted molar refractivity (Wildman–Crippen MR) is 44.6 cm³/mol. The first-order valence-corrected chi connectivity index (χ1v) is 4.82. The molecule has 0 saturated heterocycles. The van der Waals surface area contributed by atoms with Crippen molar-refractivity contribution < 1.29 is 9.59 Å². The van der Waals surface area contributed by atoms with E-state index in [1.54, 1.807) is 13.8 Å². The summed E-state index contributed by atoms with van der Waals surface area (Å²) in [5.74, 6) is 0. The van der Waals surface area contributed by atoms with Gasteiger partial charge in [0.25, 0.3) is 0 Å². The molecule has 0 spiro atoms. The Labute approximate surface area is 62.0 Å². The van der Waals surface area contributed by atoms with Crippen LogP contribution in [0.15, 0.2) is 0 Å². The molecule has 0 aliphatic heterocycles. The van der Waals surface area contributed by atoms with E-state index in [1.165, 1.54) is 0 Å². The maximum absolute atomic E-state index is 10.9. The number of carbonyl (C=O) groups excluding carboxylic acids is 2.